The maximum atomic E-state index is 2.66. The normalized spacial score (nSPS) is 17.6. The van der Waals surface area contributed by atoms with Crippen LogP contribution in [0, 0.1) is 0 Å². The van der Waals surface area contributed by atoms with E-state index in [1.165, 1.54) is 22.2 Å². The van der Waals surface area contributed by atoms with Crippen molar-refractivity contribution in [2.45, 2.75) is 19.3 Å². The van der Waals surface area contributed by atoms with Gasteiger partial charge in [-0.15, -0.1) is 24.8 Å². The van der Waals surface area contributed by atoms with Crippen LogP contribution in [-0.4, -0.2) is 11.4 Å². The molecule has 146 valence electrons. The van der Waals surface area contributed by atoms with Crippen molar-refractivity contribution in [1.82, 2.24) is 4.57 Å². The number of allylic oxidation sites excluding steroid dienone is 4. The van der Waals surface area contributed by atoms with Gasteiger partial charge in [0.25, 0.3) is 0 Å². The van der Waals surface area contributed by atoms with Gasteiger partial charge in [-0.05, 0) is 0 Å². The fourth-order valence-electron chi connectivity index (χ4n) is 5.36. The summed E-state index contributed by atoms with van der Waals surface area (Å²) in [4.78, 5) is 0. The van der Waals surface area contributed by atoms with E-state index in [0.717, 1.165) is 6.42 Å². The molecule has 1 nitrogen and oxygen atoms in total. The van der Waals surface area contributed by atoms with Crippen molar-refractivity contribution < 1.29 is 17.4 Å². The number of halogens is 2. The number of aryl methyl sites for hydroxylation is 1. The molecule has 2 aromatic carbocycles. The molecule has 1 unspecified atom stereocenters. The van der Waals surface area contributed by atoms with E-state index in [2.05, 4.69) is 94.5 Å². The Morgan fingerprint density at radius 3 is 2.39 bits per heavy atom. The van der Waals surface area contributed by atoms with Crippen LogP contribution in [0.2, 0.25) is 9.26 Å². The van der Waals surface area contributed by atoms with Crippen LogP contribution in [0.25, 0.3) is 22.2 Å². The van der Waals surface area contributed by atoms with E-state index in [9.17, 15) is 0 Å². The van der Waals surface area contributed by atoms with Crippen molar-refractivity contribution >= 4 is 42.6 Å². The Hall–Kier alpha value is -0.860. The van der Waals surface area contributed by atoms with Gasteiger partial charge in [-0.3, -0.25) is 0 Å². The first kappa shape index (κ1) is 21.8. The van der Waals surface area contributed by atoms with Crippen molar-refractivity contribution in [2.24, 2.45) is 7.05 Å². The van der Waals surface area contributed by atoms with E-state index in [0.29, 0.717) is 3.63 Å². The van der Waals surface area contributed by atoms with Gasteiger partial charge in [-0.25, -0.2) is 0 Å². The van der Waals surface area contributed by atoms with Gasteiger partial charge in [0.2, 0.25) is 0 Å². The molecule has 0 radical (unpaired) electrons. The van der Waals surface area contributed by atoms with Crippen molar-refractivity contribution in [1.29, 1.82) is 0 Å². The first-order valence-corrected chi connectivity index (χ1v) is 23.0. The second-order valence-corrected chi connectivity index (χ2v) is 38.7. The first-order chi connectivity index (χ1) is 12.4. The van der Waals surface area contributed by atoms with Crippen LogP contribution in [0.4, 0.5) is 0 Å². The van der Waals surface area contributed by atoms with Crippen LogP contribution in [0.15, 0.2) is 70.0 Å². The average Bonchev–Trinajstić information content (AvgIpc) is 3.32. The number of hydrogen-bond acceptors (Lipinski definition) is 0. The fraction of sp³-hybridized carbons (Fsp3) is 0.217. The van der Waals surface area contributed by atoms with E-state index >= 15 is 0 Å². The van der Waals surface area contributed by atoms with Crippen molar-refractivity contribution in [3.63, 3.8) is 0 Å². The molecule has 0 saturated carbocycles. The molecule has 0 N–H and O–H groups in total. The van der Waals surface area contributed by atoms with E-state index in [4.69, 9.17) is 0 Å². The Labute approximate surface area is 182 Å². The fourth-order valence-corrected chi connectivity index (χ4v) is 19.9. The minimum atomic E-state index is -3.20. The predicted molar refractivity (Wildman–Crippen MR) is 127 cm³/mol. The van der Waals surface area contributed by atoms with Crippen LogP contribution in [0.1, 0.15) is 21.2 Å². The van der Waals surface area contributed by atoms with Gasteiger partial charge in [0.15, 0.2) is 0 Å². The number of para-hydroxylation sites is 1. The molecule has 3 aromatic rings. The summed E-state index contributed by atoms with van der Waals surface area (Å²) in [6.45, 7) is 2.38. The zero-order chi connectivity index (χ0) is 18.1. The van der Waals surface area contributed by atoms with Crippen LogP contribution in [0.5, 0.6) is 0 Å². The van der Waals surface area contributed by atoms with Gasteiger partial charge in [0.1, 0.15) is 0 Å². The molecule has 0 aliphatic heterocycles. The second-order valence-electron chi connectivity index (χ2n) is 8.99. The third kappa shape index (κ3) is 2.82. The summed E-state index contributed by atoms with van der Waals surface area (Å²) in [5, 5.41) is 1.45. The number of rotatable bonds is 2. The second kappa shape index (κ2) is 7.13. The maximum absolute atomic E-state index is 3.20. The van der Waals surface area contributed by atoms with E-state index in [-0.39, 0.29) is 24.8 Å². The van der Waals surface area contributed by atoms with E-state index < -0.39 is 17.4 Å². The molecule has 5 rings (SSSR count). The molecular formula is C23H27Cl2NSiZr. The molecule has 0 amide bonds. The summed E-state index contributed by atoms with van der Waals surface area (Å²) in [5.41, 5.74) is 7.44. The first-order valence-electron chi connectivity index (χ1n) is 9.49. The Balaban J connectivity index is 0.00000112. The SMILES string of the molecule is Cl.Cl.Cn1c2c(c3ccccc31)[CH]([Zr]([CH3])([CH3])(=[SiH2])[C]1=CC=CC1)c1ccccc1-2. The number of fused-ring (bicyclic) bond motifs is 5. The van der Waals surface area contributed by atoms with Crippen LogP contribution in [0.3, 0.4) is 0 Å². The molecule has 2 aliphatic carbocycles. The molecule has 5 heteroatoms. The Bertz CT molecular complexity index is 1210. The minimum absolute atomic E-state index is 0. The molecule has 0 spiro atoms. The molecule has 0 saturated heterocycles. The molecule has 1 aromatic heterocycles. The summed E-state index contributed by atoms with van der Waals surface area (Å²) < 4.78 is 10.1. The summed E-state index contributed by atoms with van der Waals surface area (Å²) >= 11 is -3.20. The van der Waals surface area contributed by atoms with E-state index in [1.807, 2.05) is 0 Å². The van der Waals surface area contributed by atoms with Gasteiger partial charge < -0.3 is 0 Å². The van der Waals surface area contributed by atoms with Gasteiger partial charge in [0.05, 0.1) is 0 Å². The van der Waals surface area contributed by atoms with Gasteiger partial charge >= 0.3 is 159 Å². The van der Waals surface area contributed by atoms with Crippen LogP contribution < -0.4 is 0 Å². The van der Waals surface area contributed by atoms with Crippen molar-refractivity contribution in [3.8, 4) is 11.3 Å². The Morgan fingerprint density at radius 2 is 1.68 bits per heavy atom. The molecule has 0 bridgehead atoms. The quantitative estimate of drug-likeness (QED) is 0.360. The third-order valence-corrected chi connectivity index (χ3v) is 23.9. The van der Waals surface area contributed by atoms with Gasteiger partial charge in [-0.2, -0.15) is 0 Å². The number of benzene rings is 2. The number of nitrogens with zero attached hydrogens (tertiary/aromatic N) is 1. The molecule has 2 aliphatic rings. The number of aromatic nitrogens is 1. The Morgan fingerprint density at radius 1 is 1.00 bits per heavy atom. The average molecular weight is 508 g/mol. The summed E-state index contributed by atoms with van der Waals surface area (Å²) in [7, 11) is 2.24. The van der Waals surface area contributed by atoms with E-state index in [1.54, 1.807) is 14.4 Å². The summed E-state index contributed by atoms with van der Waals surface area (Å²) in [6.07, 6.45) is 8.20. The zero-order valence-corrected chi connectivity index (χ0v) is 22.1. The molecule has 1 heterocycles. The molecule has 1 atom stereocenters. The monoisotopic (exact) mass is 505 g/mol. The van der Waals surface area contributed by atoms with Crippen molar-refractivity contribution in [2.75, 3.05) is 0 Å². The van der Waals surface area contributed by atoms with Gasteiger partial charge in [-0.1, -0.05) is 0 Å². The Kier molecular flexibility index (Phi) is 5.56. The predicted octanol–water partition coefficient (Wildman–Crippen LogP) is 6.27. The third-order valence-electron chi connectivity index (χ3n) is 6.71. The molecule has 0 fully saturated rings. The summed E-state index contributed by atoms with van der Waals surface area (Å²) in [6, 6.07) is 18.1. The summed E-state index contributed by atoms with van der Waals surface area (Å²) in [5.74, 6) is 0. The van der Waals surface area contributed by atoms with Gasteiger partial charge in [0, 0.05) is 0 Å². The standard InChI is InChI=1S/C16H12N.C5H5.2CH3.2ClH.H2Si.Zr/c1-17-15-9-5-4-8-13(15)14-10-11-6-2-3-7-12(11)16(14)17;1-2-4-5-3-1;;;;;;/h2-10H,1H3;1-3H,4H2;2*1H3;2*1H;1H2;. The van der Waals surface area contributed by atoms with Crippen LogP contribution in [-0.2, 0) is 24.4 Å². The van der Waals surface area contributed by atoms with Crippen molar-refractivity contribution in [3.05, 3.63) is 81.2 Å². The topological polar surface area (TPSA) is 4.93 Å². The van der Waals surface area contributed by atoms with Crippen LogP contribution >= 0.6 is 24.8 Å². The number of hydrogen-bond donors (Lipinski definition) is 0. The molecule has 28 heavy (non-hydrogen) atoms. The zero-order valence-electron chi connectivity index (χ0n) is 16.6. The molecular weight excluding hydrogens is 480 g/mol.